The van der Waals surface area contributed by atoms with E-state index in [0.717, 1.165) is 38.3 Å². The van der Waals surface area contributed by atoms with Crippen molar-refractivity contribution < 1.29 is 4.74 Å². The average molecular weight is 295 g/mol. The Bertz CT molecular complexity index is 429. The largest absolute Gasteiger partial charge is 0.374 e. The number of ether oxygens (including phenoxy) is 1. The summed E-state index contributed by atoms with van der Waals surface area (Å²) in [6.07, 6.45) is 8.83. The summed E-state index contributed by atoms with van der Waals surface area (Å²) >= 11 is 2.03. The minimum atomic E-state index is 0.139. The van der Waals surface area contributed by atoms with Crippen molar-refractivity contribution in [1.29, 1.82) is 0 Å². The van der Waals surface area contributed by atoms with Gasteiger partial charge in [-0.05, 0) is 38.0 Å². The Morgan fingerprint density at radius 3 is 3.35 bits per heavy atom. The summed E-state index contributed by atoms with van der Waals surface area (Å²) in [5, 5.41) is 8.02. The molecule has 1 spiro atoms. The van der Waals surface area contributed by atoms with Gasteiger partial charge in [-0.25, -0.2) is 0 Å². The first-order valence-corrected chi connectivity index (χ1v) is 8.92. The van der Waals surface area contributed by atoms with Gasteiger partial charge in [0.25, 0.3) is 0 Å². The first-order valence-electron chi connectivity index (χ1n) is 7.77. The lowest BCUT2D eigenvalue weighted by Crippen LogP contribution is -2.40. The number of nitrogens with one attached hydrogen (secondary N) is 1. The lowest BCUT2D eigenvalue weighted by molar-refractivity contribution is -0.0778. The summed E-state index contributed by atoms with van der Waals surface area (Å²) in [6.45, 7) is 5.08. The Hall–Kier alpha value is -0.520. The SMILES string of the molecule is CCCNCc1cnn(C2CCOC3(CCSC3)C2)c1. The van der Waals surface area contributed by atoms with E-state index in [1.165, 1.54) is 24.2 Å². The van der Waals surface area contributed by atoms with E-state index < -0.39 is 0 Å². The summed E-state index contributed by atoms with van der Waals surface area (Å²) in [6, 6.07) is 0.516. The maximum absolute atomic E-state index is 6.09. The van der Waals surface area contributed by atoms with E-state index in [2.05, 4.69) is 28.2 Å². The predicted octanol–water partition coefficient (Wildman–Crippen LogP) is 2.61. The molecule has 0 aliphatic carbocycles. The van der Waals surface area contributed by atoms with Gasteiger partial charge in [0, 0.05) is 30.7 Å². The molecular formula is C15H25N3OS. The van der Waals surface area contributed by atoms with E-state index in [1.54, 1.807) is 0 Å². The topological polar surface area (TPSA) is 39.1 Å². The molecule has 1 aromatic rings. The van der Waals surface area contributed by atoms with Gasteiger partial charge in [0.1, 0.15) is 0 Å². The molecule has 2 aliphatic heterocycles. The van der Waals surface area contributed by atoms with Gasteiger partial charge in [-0.15, -0.1) is 0 Å². The van der Waals surface area contributed by atoms with Crippen molar-refractivity contribution in [3.8, 4) is 0 Å². The maximum atomic E-state index is 6.09. The highest BCUT2D eigenvalue weighted by Crippen LogP contribution is 2.41. The number of aromatic nitrogens is 2. The van der Waals surface area contributed by atoms with E-state index in [9.17, 15) is 0 Å². The van der Waals surface area contributed by atoms with E-state index in [-0.39, 0.29) is 5.60 Å². The summed E-state index contributed by atoms with van der Waals surface area (Å²) < 4.78 is 8.27. The van der Waals surface area contributed by atoms with Gasteiger partial charge in [-0.1, -0.05) is 6.92 Å². The lowest BCUT2D eigenvalue weighted by atomic mass is 9.90. The number of rotatable bonds is 5. The van der Waals surface area contributed by atoms with Gasteiger partial charge in [0.05, 0.1) is 17.8 Å². The molecule has 2 aliphatic rings. The van der Waals surface area contributed by atoms with Crippen molar-refractivity contribution in [1.82, 2.24) is 15.1 Å². The molecule has 2 unspecified atom stereocenters. The summed E-state index contributed by atoms with van der Waals surface area (Å²) in [5.74, 6) is 2.41. The highest BCUT2D eigenvalue weighted by molar-refractivity contribution is 7.99. The Kier molecular flexibility index (Phi) is 4.68. The Morgan fingerprint density at radius 1 is 1.60 bits per heavy atom. The van der Waals surface area contributed by atoms with Crippen LogP contribution >= 0.6 is 11.8 Å². The van der Waals surface area contributed by atoms with Crippen LogP contribution in [0.3, 0.4) is 0 Å². The number of thioether (sulfide) groups is 1. The molecule has 3 heterocycles. The molecule has 2 saturated heterocycles. The van der Waals surface area contributed by atoms with Crippen LogP contribution < -0.4 is 5.32 Å². The van der Waals surface area contributed by atoms with Crippen LogP contribution in [0.1, 0.15) is 44.2 Å². The Morgan fingerprint density at radius 2 is 2.55 bits per heavy atom. The quantitative estimate of drug-likeness (QED) is 0.848. The maximum Gasteiger partial charge on any atom is 0.0800 e. The molecule has 2 atom stereocenters. The molecule has 4 nitrogen and oxygen atoms in total. The molecule has 0 radical (unpaired) electrons. The van der Waals surface area contributed by atoms with Crippen LogP contribution in [0, 0.1) is 0 Å². The normalized spacial score (nSPS) is 30.1. The molecule has 0 aromatic carbocycles. The zero-order valence-electron chi connectivity index (χ0n) is 12.3. The zero-order chi connectivity index (χ0) is 13.8. The van der Waals surface area contributed by atoms with Crippen LogP contribution in [0.25, 0.3) is 0 Å². The van der Waals surface area contributed by atoms with Crippen molar-refractivity contribution >= 4 is 11.8 Å². The lowest BCUT2D eigenvalue weighted by Gasteiger charge is -2.37. The van der Waals surface area contributed by atoms with E-state index in [4.69, 9.17) is 4.74 Å². The fourth-order valence-electron chi connectivity index (χ4n) is 3.17. The molecule has 20 heavy (non-hydrogen) atoms. The van der Waals surface area contributed by atoms with Gasteiger partial charge in [0.2, 0.25) is 0 Å². The molecule has 0 amide bonds. The van der Waals surface area contributed by atoms with Gasteiger partial charge >= 0.3 is 0 Å². The number of hydrogen-bond acceptors (Lipinski definition) is 4. The van der Waals surface area contributed by atoms with E-state index in [0.29, 0.717) is 6.04 Å². The van der Waals surface area contributed by atoms with Crippen molar-refractivity contribution in [2.45, 2.75) is 50.8 Å². The third kappa shape index (κ3) is 3.21. The minimum Gasteiger partial charge on any atom is -0.374 e. The van der Waals surface area contributed by atoms with E-state index >= 15 is 0 Å². The standard InChI is InChI=1S/C15H25N3OS/c1-2-5-16-9-13-10-17-18(11-13)14-3-6-19-15(8-14)4-7-20-12-15/h10-11,14,16H,2-9,12H2,1H3. The highest BCUT2D eigenvalue weighted by atomic mass is 32.2. The van der Waals surface area contributed by atoms with Crippen molar-refractivity contribution in [3.05, 3.63) is 18.0 Å². The molecule has 5 heteroatoms. The zero-order valence-corrected chi connectivity index (χ0v) is 13.1. The molecule has 0 bridgehead atoms. The van der Waals surface area contributed by atoms with E-state index in [1.807, 2.05) is 18.0 Å². The smallest absolute Gasteiger partial charge is 0.0800 e. The monoisotopic (exact) mass is 295 g/mol. The van der Waals surface area contributed by atoms with Gasteiger partial charge in [-0.3, -0.25) is 4.68 Å². The summed E-state index contributed by atoms with van der Waals surface area (Å²) in [5.41, 5.74) is 1.43. The van der Waals surface area contributed by atoms with Crippen LogP contribution in [-0.2, 0) is 11.3 Å². The second-order valence-corrected chi connectivity index (χ2v) is 7.09. The fourth-order valence-corrected chi connectivity index (χ4v) is 4.55. The third-order valence-electron chi connectivity index (χ3n) is 4.32. The summed E-state index contributed by atoms with van der Waals surface area (Å²) in [7, 11) is 0. The second-order valence-electron chi connectivity index (χ2n) is 5.99. The molecule has 2 fully saturated rings. The van der Waals surface area contributed by atoms with Crippen LogP contribution in [-0.4, -0.2) is 40.0 Å². The predicted molar refractivity (Wildman–Crippen MR) is 83.1 cm³/mol. The van der Waals surface area contributed by atoms with Crippen molar-refractivity contribution in [3.63, 3.8) is 0 Å². The fraction of sp³-hybridized carbons (Fsp3) is 0.800. The van der Waals surface area contributed by atoms with Crippen LogP contribution in [0.15, 0.2) is 12.4 Å². The van der Waals surface area contributed by atoms with Crippen LogP contribution in [0.2, 0.25) is 0 Å². The minimum absolute atomic E-state index is 0.139. The Labute approximate surface area is 125 Å². The summed E-state index contributed by atoms with van der Waals surface area (Å²) in [4.78, 5) is 0. The molecule has 0 saturated carbocycles. The van der Waals surface area contributed by atoms with Gasteiger partial charge in [-0.2, -0.15) is 16.9 Å². The van der Waals surface area contributed by atoms with Crippen LogP contribution in [0.4, 0.5) is 0 Å². The molecule has 1 N–H and O–H groups in total. The first kappa shape index (κ1) is 14.4. The second kappa shape index (κ2) is 6.50. The molecule has 3 rings (SSSR count). The Balaban J connectivity index is 1.60. The van der Waals surface area contributed by atoms with Gasteiger partial charge in [0.15, 0.2) is 0 Å². The third-order valence-corrected chi connectivity index (χ3v) is 5.54. The van der Waals surface area contributed by atoms with Crippen molar-refractivity contribution in [2.24, 2.45) is 0 Å². The molecule has 1 aromatic heterocycles. The molecular weight excluding hydrogens is 270 g/mol. The van der Waals surface area contributed by atoms with Gasteiger partial charge < -0.3 is 10.1 Å². The van der Waals surface area contributed by atoms with Crippen LogP contribution in [0.5, 0.6) is 0 Å². The number of hydrogen-bond donors (Lipinski definition) is 1. The average Bonchev–Trinajstić information content (AvgIpc) is 3.09. The van der Waals surface area contributed by atoms with Crippen molar-refractivity contribution in [2.75, 3.05) is 24.7 Å². The molecule has 112 valence electrons. The number of nitrogens with zero attached hydrogens (tertiary/aromatic N) is 2. The highest BCUT2D eigenvalue weighted by Gasteiger charge is 2.41. The first-order chi connectivity index (χ1) is 9.81.